The van der Waals surface area contributed by atoms with E-state index in [9.17, 15) is 31.7 Å². The van der Waals surface area contributed by atoms with Gasteiger partial charge in [-0.15, -0.1) is 0 Å². The van der Waals surface area contributed by atoms with Crippen LogP contribution in [0, 0.1) is 10.1 Å². The van der Waals surface area contributed by atoms with Gasteiger partial charge in [-0.2, -0.15) is 18.2 Å². The van der Waals surface area contributed by atoms with Gasteiger partial charge in [-0.05, 0) is 5.56 Å². The van der Waals surface area contributed by atoms with E-state index in [2.05, 4.69) is 14.7 Å². The maximum atomic E-state index is 12.3. The molecule has 0 atom stereocenters. The Hall–Kier alpha value is -2.54. The van der Waals surface area contributed by atoms with E-state index in [1.165, 1.54) is 18.2 Å². The smallest absolute Gasteiger partial charge is 0.329 e. The number of nitro groups is 1. The van der Waals surface area contributed by atoms with E-state index in [0.29, 0.717) is 0 Å². The highest BCUT2D eigenvalue weighted by Crippen LogP contribution is 2.27. The number of aromatic nitrogens is 2. The van der Waals surface area contributed by atoms with Crippen molar-refractivity contribution in [2.24, 2.45) is 0 Å². The van der Waals surface area contributed by atoms with E-state index in [1.807, 2.05) is 4.72 Å². The summed E-state index contributed by atoms with van der Waals surface area (Å²) >= 11 is 0. The summed E-state index contributed by atoms with van der Waals surface area (Å²) in [5.41, 5.74) is -0.142. The third kappa shape index (κ3) is 4.73. The Kier molecular flexibility index (Phi) is 4.84. The Morgan fingerprint density at radius 3 is 2.62 bits per heavy atom. The predicted octanol–water partition coefficient (Wildman–Crippen LogP) is 1.62. The van der Waals surface area contributed by atoms with Gasteiger partial charge in [-0.3, -0.25) is 10.1 Å². The summed E-state index contributed by atoms with van der Waals surface area (Å²) in [6, 6.07) is 4.96. The first-order valence-electron chi connectivity index (χ1n) is 6.17. The van der Waals surface area contributed by atoms with Gasteiger partial charge in [-0.25, -0.2) is 13.1 Å². The largest absolute Gasteiger partial charge is 0.471 e. The second-order valence-electron chi connectivity index (χ2n) is 4.52. The van der Waals surface area contributed by atoms with Crippen molar-refractivity contribution in [1.29, 1.82) is 0 Å². The van der Waals surface area contributed by atoms with Gasteiger partial charge in [-0.1, -0.05) is 17.3 Å². The lowest BCUT2D eigenvalue weighted by Gasteiger charge is -2.04. The number of hydrogen-bond donors (Lipinski definition) is 1. The maximum absolute atomic E-state index is 12.3. The van der Waals surface area contributed by atoms with Crippen LogP contribution < -0.4 is 4.72 Å². The van der Waals surface area contributed by atoms with Crippen molar-refractivity contribution in [1.82, 2.24) is 14.9 Å². The first kappa shape index (κ1) is 17.8. The molecule has 1 N–H and O–H groups in total. The molecule has 0 fully saturated rings. The summed E-state index contributed by atoms with van der Waals surface area (Å²) in [7, 11) is -3.98. The standard InChI is InChI=1S/C11H9F3N4O5S/c12-11(13,14)10-16-9(17-23-10)5-15-24(21,22)6-7-2-1-3-8(4-7)18(19)20/h1-4,15H,5-6H2. The summed E-state index contributed by atoms with van der Waals surface area (Å²) in [5, 5.41) is 13.6. The summed E-state index contributed by atoms with van der Waals surface area (Å²) < 4.78 is 66.5. The summed E-state index contributed by atoms with van der Waals surface area (Å²) in [6.07, 6.45) is -4.83. The molecule has 0 radical (unpaired) electrons. The maximum Gasteiger partial charge on any atom is 0.471 e. The number of non-ortho nitro benzene ring substituents is 1. The summed E-state index contributed by atoms with van der Waals surface area (Å²) in [5.74, 6) is -2.68. The minimum Gasteiger partial charge on any atom is -0.329 e. The number of halogens is 3. The first-order valence-corrected chi connectivity index (χ1v) is 7.82. The van der Waals surface area contributed by atoms with Crippen molar-refractivity contribution in [2.45, 2.75) is 18.5 Å². The van der Waals surface area contributed by atoms with Crippen molar-refractivity contribution in [3.63, 3.8) is 0 Å². The monoisotopic (exact) mass is 366 g/mol. The minimum absolute atomic E-state index is 0.140. The van der Waals surface area contributed by atoms with E-state index in [4.69, 9.17) is 0 Å². The van der Waals surface area contributed by atoms with Gasteiger partial charge in [0.25, 0.3) is 5.69 Å². The average molecular weight is 366 g/mol. The van der Waals surface area contributed by atoms with Gasteiger partial charge in [0.05, 0.1) is 17.2 Å². The molecule has 0 aliphatic rings. The quantitative estimate of drug-likeness (QED) is 0.607. The Morgan fingerprint density at radius 1 is 1.33 bits per heavy atom. The van der Waals surface area contributed by atoms with E-state index in [1.54, 1.807) is 0 Å². The number of rotatable bonds is 6. The molecule has 0 aliphatic carbocycles. The molecule has 0 spiro atoms. The van der Waals surface area contributed by atoms with E-state index in [0.717, 1.165) is 6.07 Å². The predicted molar refractivity (Wildman–Crippen MR) is 71.9 cm³/mol. The molecule has 1 heterocycles. The van der Waals surface area contributed by atoms with E-state index >= 15 is 0 Å². The molecule has 0 unspecified atom stereocenters. The van der Waals surface area contributed by atoms with Gasteiger partial charge in [0.15, 0.2) is 5.82 Å². The lowest BCUT2D eigenvalue weighted by atomic mass is 10.2. The topological polar surface area (TPSA) is 128 Å². The molecular weight excluding hydrogens is 357 g/mol. The zero-order valence-electron chi connectivity index (χ0n) is 11.6. The number of alkyl halides is 3. The lowest BCUT2D eigenvalue weighted by Crippen LogP contribution is -2.25. The second-order valence-corrected chi connectivity index (χ2v) is 6.33. The van der Waals surface area contributed by atoms with Gasteiger partial charge in [0.2, 0.25) is 10.0 Å². The zero-order chi connectivity index (χ0) is 18.0. The molecule has 0 aliphatic heterocycles. The normalized spacial score (nSPS) is 12.3. The number of nitrogens with zero attached hydrogens (tertiary/aromatic N) is 3. The molecule has 1 aromatic heterocycles. The number of hydrogen-bond acceptors (Lipinski definition) is 7. The SMILES string of the molecule is O=[N+]([O-])c1cccc(CS(=O)(=O)NCc2noc(C(F)(F)F)n2)c1. The molecule has 130 valence electrons. The van der Waals surface area contributed by atoms with Gasteiger partial charge in [0, 0.05) is 12.1 Å². The number of benzene rings is 1. The number of nitro benzene ring substituents is 1. The van der Waals surface area contributed by atoms with Crippen molar-refractivity contribution < 1.29 is 31.0 Å². The third-order valence-electron chi connectivity index (χ3n) is 2.64. The molecule has 13 heteroatoms. The van der Waals surface area contributed by atoms with Crippen LogP contribution in [0.5, 0.6) is 0 Å². The van der Waals surface area contributed by atoms with Crippen LogP contribution in [-0.4, -0.2) is 23.5 Å². The zero-order valence-corrected chi connectivity index (χ0v) is 12.5. The highest BCUT2D eigenvalue weighted by Gasteiger charge is 2.38. The number of nitrogens with one attached hydrogen (secondary N) is 1. The highest BCUT2D eigenvalue weighted by molar-refractivity contribution is 7.88. The van der Waals surface area contributed by atoms with Crippen molar-refractivity contribution in [3.05, 3.63) is 51.7 Å². The van der Waals surface area contributed by atoms with Crippen LogP contribution in [0.4, 0.5) is 18.9 Å². The molecule has 0 saturated carbocycles. The van der Waals surface area contributed by atoms with E-state index in [-0.39, 0.29) is 11.3 Å². The molecule has 0 amide bonds. The Balaban J connectivity index is 2.03. The van der Waals surface area contributed by atoms with E-state index < -0.39 is 45.1 Å². The minimum atomic E-state index is -4.83. The molecule has 0 bridgehead atoms. The third-order valence-corrected chi connectivity index (χ3v) is 3.94. The molecule has 1 aromatic carbocycles. The van der Waals surface area contributed by atoms with Crippen molar-refractivity contribution >= 4 is 15.7 Å². The molecular formula is C11H9F3N4O5S. The van der Waals surface area contributed by atoms with Crippen molar-refractivity contribution in [3.8, 4) is 0 Å². The fourth-order valence-electron chi connectivity index (χ4n) is 1.65. The summed E-state index contributed by atoms with van der Waals surface area (Å²) in [4.78, 5) is 13.0. The molecule has 2 aromatic rings. The van der Waals surface area contributed by atoms with Gasteiger partial charge < -0.3 is 4.52 Å². The Labute approximate surface area is 132 Å². The Morgan fingerprint density at radius 2 is 2.04 bits per heavy atom. The van der Waals surface area contributed by atoms with Gasteiger partial charge in [0.1, 0.15) is 0 Å². The van der Waals surface area contributed by atoms with Crippen LogP contribution in [0.15, 0.2) is 28.8 Å². The molecule has 0 saturated heterocycles. The second kappa shape index (κ2) is 6.52. The first-order chi connectivity index (χ1) is 11.1. The van der Waals surface area contributed by atoms with Crippen LogP contribution in [0.3, 0.4) is 0 Å². The fourth-order valence-corrected chi connectivity index (χ4v) is 2.72. The molecule has 24 heavy (non-hydrogen) atoms. The molecule has 2 rings (SSSR count). The van der Waals surface area contributed by atoms with Gasteiger partial charge >= 0.3 is 12.1 Å². The van der Waals surface area contributed by atoms with Crippen molar-refractivity contribution in [2.75, 3.05) is 0 Å². The summed E-state index contributed by atoms with van der Waals surface area (Å²) in [6.45, 7) is -0.614. The van der Waals surface area contributed by atoms with Crippen LogP contribution in [0.2, 0.25) is 0 Å². The molecule has 9 nitrogen and oxygen atoms in total. The van der Waals surface area contributed by atoms with Crippen LogP contribution in [0.25, 0.3) is 0 Å². The van der Waals surface area contributed by atoms with Crippen LogP contribution in [-0.2, 0) is 28.5 Å². The highest BCUT2D eigenvalue weighted by atomic mass is 32.2. The Bertz CT molecular complexity index is 849. The lowest BCUT2D eigenvalue weighted by molar-refractivity contribution is -0.384. The number of sulfonamides is 1. The van der Waals surface area contributed by atoms with Crippen LogP contribution >= 0.6 is 0 Å². The average Bonchev–Trinajstić information content (AvgIpc) is 2.94. The van der Waals surface area contributed by atoms with Crippen LogP contribution in [0.1, 0.15) is 17.3 Å². The fraction of sp³-hybridized carbons (Fsp3) is 0.273.